The number of hydrogen-bond donors (Lipinski definition) is 0. The first kappa shape index (κ1) is 36.8. The lowest BCUT2D eigenvalue weighted by Gasteiger charge is -2.35. The molecule has 0 saturated carbocycles. The second-order valence-electron chi connectivity index (χ2n) is 16.4. The Morgan fingerprint density at radius 2 is 0.794 bits per heavy atom. The summed E-state index contributed by atoms with van der Waals surface area (Å²) in [5, 5.41) is 10.5. The van der Waals surface area contributed by atoms with Crippen LogP contribution in [0.5, 0.6) is 0 Å². The summed E-state index contributed by atoms with van der Waals surface area (Å²) in [6, 6.07) is 94.3. The van der Waals surface area contributed by atoms with Crippen molar-refractivity contribution in [1.82, 2.24) is 9.13 Å². The fourth-order valence-corrected chi connectivity index (χ4v) is 15.4. The van der Waals surface area contributed by atoms with Crippen molar-refractivity contribution in [2.75, 3.05) is 0 Å². The number of aromatic nitrogens is 2. The third-order valence-electron chi connectivity index (χ3n) is 13.1. The maximum atomic E-state index is 2.53. The molecule has 2 aromatic heterocycles. The molecular formula is C60H42N2Si. The van der Waals surface area contributed by atoms with Crippen molar-refractivity contribution < 1.29 is 0 Å². The smallest absolute Gasteiger partial charge is 0.180 e. The van der Waals surface area contributed by atoms with Crippen molar-refractivity contribution in [2.24, 2.45) is 0 Å². The third kappa shape index (κ3) is 5.85. The molecule has 0 radical (unpaired) electrons. The summed E-state index contributed by atoms with van der Waals surface area (Å²) in [4.78, 5) is 0. The molecule has 0 unspecified atom stereocenters. The molecule has 12 rings (SSSR count). The zero-order valence-electron chi connectivity index (χ0n) is 34.6. The van der Waals surface area contributed by atoms with Gasteiger partial charge in [0.25, 0.3) is 0 Å². The molecule has 10 aromatic carbocycles. The Kier molecular flexibility index (Phi) is 8.87. The van der Waals surface area contributed by atoms with Gasteiger partial charge in [0.2, 0.25) is 0 Å². The van der Waals surface area contributed by atoms with Gasteiger partial charge in [0.05, 0.1) is 27.8 Å². The summed E-state index contributed by atoms with van der Waals surface area (Å²) in [7, 11) is -2.92. The molecule has 3 heteroatoms. The summed E-state index contributed by atoms with van der Waals surface area (Å²) in [5.74, 6) is 0. The van der Waals surface area contributed by atoms with Crippen molar-refractivity contribution in [1.29, 1.82) is 0 Å². The Balaban J connectivity index is 1.21. The van der Waals surface area contributed by atoms with Crippen LogP contribution in [0.2, 0.25) is 0 Å². The van der Waals surface area contributed by atoms with Crippen LogP contribution in [0.4, 0.5) is 0 Å². The first-order chi connectivity index (χ1) is 31.3. The summed E-state index contributed by atoms with van der Waals surface area (Å²) in [6.07, 6.45) is 0. The Labute approximate surface area is 368 Å². The standard InChI is InChI=1S/C60H42N2Si/c1-6-21-43(22-7-1)45-37-39-53-57(41-45)61(46-38-40-52-51-32-17-19-34-55(51)62(58(52)42-46)54-33-18-16-31-50(54)44-23-8-2-9-24-44)56-35-20-36-59(60(53)56)63(47-25-10-3-11-26-47,48-27-12-4-13-28-48)49-29-14-5-15-30-49/h1-42H. The van der Waals surface area contributed by atoms with Gasteiger partial charge in [0, 0.05) is 32.8 Å². The van der Waals surface area contributed by atoms with Crippen LogP contribution in [0.3, 0.4) is 0 Å². The molecule has 0 aliphatic heterocycles. The average Bonchev–Trinajstić information content (AvgIpc) is 3.88. The Morgan fingerprint density at radius 1 is 0.286 bits per heavy atom. The van der Waals surface area contributed by atoms with Gasteiger partial charge in [-0.3, -0.25) is 0 Å². The van der Waals surface area contributed by atoms with E-state index in [0.29, 0.717) is 0 Å². The van der Waals surface area contributed by atoms with Gasteiger partial charge in [0.1, 0.15) is 0 Å². The number of hydrogen-bond acceptors (Lipinski definition) is 0. The second-order valence-corrected chi connectivity index (χ2v) is 20.2. The molecule has 2 nitrogen and oxygen atoms in total. The van der Waals surface area contributed by atoms with Crippen LogP contribution in [-0.4, -0.2) is 17.2 Å². The van der Waals surface area contributed by atoms with E-state index in [-0.39, 0.29) is 0 Å². The zero-order valence-corrected chi connectivity index (χ0v) is 35.6. The van der Waals surface area contributed by atoms with Crippen molar-refractivity contribution in [2.45, 2.75) is 0 Å². The van der Waals surface area contributed by atoms with E-state index in [2.05, 4.69) is 264 Å². The minimum atomic E-state index is -2.92. The molecule has 0 saturated heterocycles. The zero-order chi connectivity index (χ0) is 41.7. The lowest BCUT2D eigenvalue weighted by molar-refractivity contribution is 1.16. The topological polar surface area (TPSA) is 9.86 Å². The van der Waals surface area contributed by atoms with Gasteiger partial charge in [0.15, 0.2) is 8.07 Å². The van der Waals surface area contributed by atoms with Gasteiger partial charge in [-0.05, 0) is 73.8 Å². The van der Waals surface area contributed by atoms with E-state index in [1.54, 1.807) is 0 Å². The van der Waals surface area contributed by atoms with E-state index in [1.165, 1.54) is 86.6 Å². The Bertz CT molecular complexity index is 3500. The van der Waals surface area contributed by atoms with Gasteiger partial charge < -0.3 is 9.13 Å². The van der Waals surface area contributed by atoms with Crippen LogP contribution in [0.1, 0.15) is 0 Å². The maximum absolute atomic E-state index is 2.92. The third-order valence-corrected chi connectivity index (χ3v) is 17.9. The molecule has 0 amide bonds. The molecule has 2 heterocycles. The Hall–Kier alpha value is -7.98. The SMILES string of the molecule is c1ccc(-c2ccc3c4c([Si](c5ccccc5)(c5ccccc5)c5ccccc5)cccc4n(-c4ccc5c6ccccc6n(-c6ccccc6-c6ccccc6)c5c4)c3c2)cc1. The fraction of sp³-hybridized carbons (Fsp3) is 0. The minimum absolute atomic E-state index is 1.12. The van der Waals surface area contributed by atoms with Gasteiger partial charge in [-0.15, -0.1) is 0 Å². The van der Waals surface area contributed by atoms with Crippen LogP contribution in [0, 0.1) is 0 Å². The second kappa shape index (κ2) is 15.2. The molecule has 12 aromatic rings. The fourth-order valence-electron chi connectivity index (χ4n) is 10.4. The predicted octanol–water partition coefficient (Wildman–Crippen LogP) is 12.6. The summed E-state index contributed by atoms with van der Waals surface area (Å²) in [5.41, 5.74) is 11.8. The van der Waals surface area contributed by atoms with E-state index in [1.807, 2.05) is 0 Å². The number of benzene rings is 10. The highest BCUT2D eigenvalue weighted by molar-refractivity contribution is 7.20. The monoisotopic (exact) mass is 818 g/mol. The molecule has 296 valence electrons. The van der Waals surface area contributed by atoms with E-state index in [4.69, 9.17) is 0 Å². The maximum Gasteiger partial charge on any atom is 0.180 e. The molecule has 0 aliphatic carbocycles. The number of para-hydroxylation sites is 2. The van der Waals surface area contributed by atoms with Crippen molar-refractivity contribution in [3.05, 3.63) is 255 Å². The van der Waals surface area contributed by atoms with Crippen LogP contribution >= 0.6 is 0 Å². The first-order valence-corrected chi connectivity index (χ1v) is 23.8. The van der Waals surface area contributed by atoms with Gasteiger partial charge in [-0.25, -0.2) is 0 Å². The minimum Gasteiger partial charge on any atom is -0.309 e. The van der Waals surface area contributed by atoms with Crippen molar-refractivity contribution in [3.63, 3.8) is 0 Å². The first-order valence-electron chi connectivity index (χ1n) is 21.8. The molecular weight excluding hydrogens is 777 g/mol. The highest BCUT2D eigenvalue weighted by Crippen LogP contribution is 2.40. The van der Waals surface area contributed by atoms with Crippen LogP contribution in [0.25, 0.3) is 77.2 Å². The number of nitrogens with zero attached hydrogens (tertiary/aromatic N) is 2. The van der Waals surface area contributed by atoms with Crippen molar-refractivity contribution in [3.8, 4) is 33.6 Å². The van der Waals surface area contributed by atoms with Crippen LogP contribution in [-0.2, 0) is 0 Å². The largest absolute Gasteiger partial charge is 0.309 e. The van der Waals surface area contributed by atoms with E-state index in [0.717, 1.165) is 11.4 Å². The van der Waals surface area contributed by atoms with Gasteiger partial charge in [-0.2, -0.15) is 0 Å². The molecule has 0 spiro atoms. The van der Waals surface area contributed by atoms with Crippen LogP contribution < -0.4 is 20.7 Å². The molecule has 0 aliphatic rings. The summed E-state index contributed by atoms with van der Waals surface area (Å²) >= 11 is 0. The molecule has 0 fully saturated rings. The number of fused-ring (bicyclic) bond motifs is 6. The van der Waals surface area contributed by atoms with E-state index >= 15 is 0 Å². The number of rotatable bonds is 8. The average molecular weight is 819 g/mol. The Morgan fingerprint density at radius 3 is 1.46 bits per heavy atom. The summed E-state index contributed by atoms with van der Waals surface area (Å²) < 4.78 is 5.01. The summed E-state index contributed by atoms with van der Waals surface area (Å²) in [6.45, 7) is 0. The lowest BCUT2D eigenvalue weighted by atomic mass is 10.0. The molecule has 0 atom stereocenters. The lowest BCUT2D eigenvalue weighted by Crippen LogP contribution is -2.74. The normalized spacial score (nSPS) is 11.8. The van der Waals surface area contributed by atoms with Crippen molar-refractivity contribution >= 4 is 72.4 Å². The predicted molar refractivity (Wildman–Crippen MR) is 270 cm³/mol. The molecule has 0 N–H and O–H groups in total. The highest BCUT2D eigenvalue weighted by atomic mass is 28.3. The molecule has 63 heavy (non-hydrogen) atoms. The van der Waals surface area contributed by atoms with Crippen LogP contribution in [0.15, 0.2) is 255 Å². The van der Waals surface area contributed by atoms with E-state index < -0.39 is 8.07 Å². The van der Waals surface area contributed by atoms with Gasteiger partial charge in [-0.1, -0.05) is 218 Å². The van der Waals surface area contributed by atoms with E-state index in [9.17, 15) is 0 Å². The molecule has 0 bridgehead atoms. The van der Waals surface area contributed by atoms with Gasteiger partial charge >= 0.3 is 0 Å². The quantitative estimate of drug-likeness (QED) is 0.107. The highest BCUT2D eigenvalue weighted by Gasteiger charge is 2.43.